The molecule has 90 valence electrons. The van der Waals surface area contributed by atoms with Gasteiger partial charge in [-0.3, -0.25) is 4.68 Å². The molecule has 0 radical (unpaired) electrons. The van der Waals surface area contributed by atoms with Crippen molar-refractivity contribution in [2.24, 2.45) is 7.05 Å². The van der Waals surface area contributed by atoms with E-state index in [9.17, 15) is 8.78 Å². The number of ether oxygens (including phenoxy) is 1. The quantitative estimate of drug-likeness (QED) is 0.832. The molecule has 1 heterocycles. The van der Waals surface area contributed by atoms with Crippen molar-refractivity contribution in [1.29, 1.82) is 0 Å². The van der Waals surface area contributed by atoms with Gasteiger partial charge in [-0.05, 0) is 0 Å². The van der Waals surface area contributed by atoms with E-state index in [4.69, 9.17) is 10.5 Å². The lowest BCUT2D eigenvalue weighted by Crippen LogP contribution is -1.99. The summed E-state index contributed by atoms with van der Waals surface area (Å²) in [5.74, 6) is -1.55. The highest BCUT2D eigenvalue weighted by molar-refractivity contribution is 5.44. The molecule has 17 heavy (non-hydrogen) atoms. The predicted octanol–water partition coefficient (Wildman–Crippen LogP) is 1.86. The van der Waals surface area contributed by atoms with Crippen molar-refractivity contribution in [3.05, 3.63) is 41.7 Å². The van der Waals surface area contributed by atoms with Crippen LogP contribution in [0, 0.1) is 11.6 Å². The van der Waals surface area contributed by atoms with Crippen LogP contribution in [0.25, 0.3) is 0 Å². The molecule has 0 unspecified atom stereocenters. The number of anilines is 1. The van der Waals surface area contributed by atoms with Gasteiger partial charge in [0.15, 0.2) is 11.6 Å². The third-order valence-corrected chi connectivity index (χ3v) is 2.20. The van der Waals surface area contributed by atoms with Crippen LogP contribution in [0.15, 0.2) is 24.5 Å². The van der Waals surface area contributed by atoms with Crippen molar-refractivity contribution in [2.75, 3.05) is 5.73 Å². The fraction of sp³-hybridized carbons (Fsp3) is 0.182. The molecule has 4 nitrogen and oxygen atoms in total. The maximum atomic E-state index is 13.3. The summed E-state index contributed by atoms with van der Waals surface area (Å²) in [7, 11) is 1.76. The Morgan fingerprint density at radius 2 is 2.12 bits per heavy atom. The van der Waals surface area contributed by atoms with Crippen LogP contribution in [-0.4, -0.2) is 9.78 Å². The maximum absolute atomic E-state index is 13.3. The largest absolute Gasteiger partial charge is 0.486 e. The van der Waals surface area contributed by atoms with Crippen LogP contribution in [0.3, 0.4) is 0 Å². The summed E-state index contributed by atoms with van der Waals surface area (Å²) in [5.41, 5.74) is 5.74. The van der Waals surface area contributed by atoms with Gasteiger partial charge in [-0.2, -0.15) is 5.10 Å². The standard InChI is InChI=1S/C11H11F2N3O/c1-16-5-7(4-15-16)6-17-11-3-8(12)10(14)2-9(11)13/h2-5H,6,14H2,1H3. The molecule has 0 atom stereocenters. The van der Waals surface area contributed by atoms with Gasteiger partial charge in [0.25, 0.3) is 0 Å². The molecule has 2 aromatic rings. The monoisotopic (exact) mass is 239 g/mol. The van der Waals surface area contributed by atoms with Crippen molar-refractivity contribution in [3.8, 4) is 5.75 Å². The van der Waals surface area contributed by atoms with E-state index in [0.717, 1.165) is 17.7 Å². The topological polar surface area (TPSA) is 53.1 Å². The van der Waals surface area contributed by atoms with Crippen LogP contribution < -0.4 is 10.5 Å². The molecule has 0 saturated heterocycles. The molecule has 0 spiro atoms. The Bertz CT molecular complexity index is 540. The number of aryl methyl sites for hydroxylation is 1. The average Bonchev–Trinajstić information content (AvgIpc) is 2.68. The molecule has 0 saturated carbocycles. The summed E-state index contributed by atoms with van der Waals surface area (Å²) in [6, 6.07) is 1.83. The van der Waals surface area contributed by atoms with Crippen LogP contribution in [-0.2, 0) is 13.7 Å². The molecule has 0 aliphatic rings. The Hall–Kier alpha value is -2.11. The average molecular weight is 239 g/mol. The summed E-state index contributed by atoms with van der Waals surface area (Å²) in [6.07, 6.45) is 3.32. The van der Waals surface area contributed by atoms with Crippen LogP contribution in [0.4, 0.5) is 14.5 Å². The first-order valence-corrected chi connectivity index (χ1v) is 4.91. The highest BCUT2D eigenvalue weighted by Crippen LogP contribution is 2.23. The fourth-order valence-corrected chi connectivity index (χ4v) is 1.36. The summed E-state index contributed by atoms with van der Waals surface area (Å²) >= 11 is 0. The molecule has 6 heteroatoms. The number of nitrogen functional groups attached to an aromatic ring is 1. The van der Waals surface area contributed by atoms with E-state index >= 15 is 0 Å². The zero-order valence-corrected chi connectivity index (χ0v) is 9.15. The number of benzene rings is 1. The molecular weight excluding hydrogens is 228 g/mol. The second-order valence-electron chi connectivity index (χ2n) is 3.62. The number of halogens is 2. The van der Waals surface area contributed by atoms with Gasteiger partial charge < -0.3 is 10.5 Å². The number of rotatable bonds is 3. The lowest BCUT2D eigenvalue weighted by molar-refractivity contribution is 0.288. The Kier molecular flexibility index (Phi) is 2.95. The molecule has 2 rings (SSSR count). The van der Waals surface area contributed by atoms with Crippen molar-refractivity contribution >= 4 is 5.69 Å². The highest BCUT2D eigenvalue weighted by Gasteiger charge is 2.09. The van der Waals surface area contributed by atoms with E-state index in [1.165, 1.54) is 0 Å². The minimum atomic E-state index is -0.701. The first-order valence-electron chi connectivity index (χ1n) is 4.91. The zero-order chi connectivity index (χ0) is 12.4. The number of nitrogens with zero attached hydrogens (tertiary/aromatic N) is 2. The smallest absolute Gasteiger partial charge is 0.167 e. The number of aromatic nitrogens is 2. The Balaban J connectivity index is 2.11. The molecule has 2 N–H and O–H groups in total. The van der Waals surface area contributed by atoms with Gasteiger partial charge in [0.1, 0.15) is 12.4 Å². The predicted molar refractivity (Wildman–Crippen MR) is 58.3 cm³/mol. The molecule has 0 bridgehead atoms. The van der Waals surface area contributed by atoms with Crippen molar-refractivity contribution in [1.82, 2.24) is 9.78 Å². The summed E-state index contributed by atoms with van der Waals surface area (Å²) < 4.78 is 33.2. The van der Waals surface area contributed by atoms with Gasteiger partial charge in [0.05, 0.1) is 11.9 Å². The fourth-order valence-electron chi connectivity index (χ4n) is 1.36. The van der Waals surface area contributed by atoms with E-state index < -0.39 is 11.6 Å². The van der Waals surface area contributed by atoms with Gasteiger partial charge in [-0.1, -0.05) is 0 Å². The first-order chi connectivity index (χ1) is 8.06. The summed E-state index contributed by atoms with van der Waals surface area (Å²) in [4.78, 5) is 0. The summed E-state index contributed by atoms with van der Waals surface area (Å²) in [5, 5.41) is 3.93. The molecule has 0 aliphatic heterocycles. The minimum absolute atomic E-state index is 0.119. The molecule has 1 aromatic carbocycles. The second kappa shape index (κ2) is 4.40. The highest BCUT2D eigenvalue weighted by atomic mass is 19.1. The van der Waals surface area contributed by atoms with Gasteiger partial charge in [0, 0.05) is 30.9 Å². The van der Waals surface area contributed by atoms with Crippen LogP contribution >= 0.6 is 0 Å². The van der Waals surface area contributed by atoms with Gasteiger partial charge in [-0.25, -0.2) is 8.78 Å². The van der Waals surface area contributed by atoms with Crippen molar-refractivity contribution < 1.29 is 13.5 Å². The van der Waals surface area contributed by atoms with E-state index in [1.807, 2.05) is 0 Å². The Labute approximate surface area is 96.6 Å². The van der Waals surface area contributed by atoms with E-state index in [0.29, 0.717) is 0 Å². The normalized spacial score (nSPS) is 10.5. The van der Waals surface area contributed by atoms with Crippen molar-refractivity contribution in [2.45, 2.75) is 6.61 Å². The maximum Gasteiger partial charge on any atom is 0.167 e. The minimum Gasteiger partial charge on any atom is -0.486 e. The van der Waals surface area contributed by atoms with E-state index in [2.05, 4.69) is 5.10 Å². The third kappa shape index (κ3) is 2.52. The molecule has 0 fully saturated rings. The van der Waals surface area contributed by atoms with Gasteiger partial charge >= 0.3 is 0 Å². The lowest BCUT2D eigenvalue weighted by Gasteiger charge is -2.07. The number of hydrogen-bond acceptors (Lipinski definition) is 3. The van der Waals surface area contributed by atoms with E-state index in [-0.39, 0.29) is 18.0 Å². The van der Waals surface area contributed by atoms with Gasteiger partial charge in [-0.15, -0.1) is 0 Å². The van der Waals surface area contributed by atoms with Crippen molar-refractivity contribution in [3.63, 3.8) is 0 Å². The molecule has 0 amide bonds. The van der Waals surface area contributed by atoms with Crippen LogP contribution in [0.1, 0.15) is 5.56 Å². The Morgan fingerprint density at radius 1 is 1.35 bits per heavy atom. The van der Waals surface area contributed by atoms with Crippen LogP contribution in [0.2, 0.25) is 0 Å². The number of nitrogens with two attached hydrogens (primary N) is 1. The molecular formula is C11H11F2N3O. The lowest BCUT2D eigenvalue weighted by atomic mass is 10.3. The van der Waals surface area contributed by atoms with Crippen LogP contribution in [0.5, 0.6) is 5.75 Å². The third-order valence-electron chi connectivity index (χ3n) is 2.20. The molecule has 1 aromatic heterocycles. The molecule has 0 aliphatic carbocycles. The number of hydrogen-bond donors (Lipinski definition) is 1. The van der Waals surface area contributed by atoms with Gasteiger partial charge in [0.2, 0.25) is 0 Å². The second-order valence-corrected chi connectivity index (χ2v) is 3.62. The summed E-state index contributed by atoms with van der Waals surface area (Å²) in [6.45, 7) is 0.119. The SMILES string of the molecule is Cn1cc(COc2cc(F)c(N)cc2F)cn1. The zero-order valence-electron chi connectivity index (χ0n) is 9.15. The van der Waals surface area contributed by atoms with E-state index in [1.54, 1.807) is 24.1 Å². The Morgan fingerprint density at radius 3 is 2.76 bits per heavy atom. The first kappa shape index (κ1) is 11.4.